The number of carbonyl (C=O) groups is 3. The van der Waals surface area contributed by atoms with E-state index < -0.39 is 23.9 Å². The maximum Gasteiger partial charge on any atom is 0.344 e. The minimum absolute atomic E-state index is 0.0282. The van der Waals surface area contributed by atoms with Crippen LogP contribution >= 0.6 is 12.2 Å². The number of carboxylic acids is 1. The molecule has 0 unspecified atom stereocenters. The molecule has 0 radical (unpaired) electrons. The van der Waals surface area contributed by atoms with E-state index in [0.29, 0.717) is 17.0 Å². The lowest BCUT2D eigenvalue weighted by Crippen LogP contribution is -2.54. The van der Waals surface area contributed by atoms with E-state index in [0.717, 1.165) is 11.1 Å². The summed E-state index contributed by atoms with van der Waals surface area (Å²) in [6.45, 7) is 5.24. The molecule has 0 aliphatic carbocycles. The number of aryl methyl sites for hydroxylation is 2. The molecule has 30 heavy (non-hydrogen) atoms. The normalized spacial score (nSPS) is 16.4. The van der Waals surface area contributed by atoms with E-state index in [9.17, 15) is 14.4 Å². The SMILES string of the molecule is Cc1ccc(N2C(=O)/C(=C\c3ccc(O[C@@H](C)C(=O)O)cc3)C(=O)NC2=S)c(C)c1. The Morgan fingerprint density at radius 1 is 1.17 bits per heavy atom. The lowest BCUT2D eigenvalue weighted by molar-refractivity contribution is -0.144. The number of anilines is 1. The van der Waals surface area contributed by atoms with Crippen LogP contribution in [0.4, 0.5) is 5.69 Å². The van der Waals surface area contributed by atoms with Crippen LogP contribution in [0.15, 0.2) is 48.0 Å². The van der Waals surface area contributed by atoms with Crippen molar-refractivity contribution in [2.24, 2.45) is 0 Å². The van der Waals surface area contributed by atoms with Crippen LogP contribution in [0.3, 0.4) is 0 Å². The van der Waals surface area contributed by atoms with Gasteiger partial charge in [-0.25, -0.2) is 4.79 Å². The molecular weight excluding hydrogens is 404 g/mol. The number of hydrogen-bond donors (Lipinski definition) is 2. The summed E-state index contributed by atoms with van der Waals surface area (Å²) < 4.78 is 5.28. The maximum atomic E-state index is 13.1. The van der Waals surface area contributed by atoms with Crippen molar-refractivity contribution >= 4 is 46.9 Å². The largest absolute Gasteiger partial charge is 0.479 e. The third kappa shape index (κ3) is 4.38. The van der Waals surface area contributed by atoms with Crippen LogP contribution in [0, 0.1) is 13.8 Å². The van der Waals surface area contributed by atoms with Crippen molar-refractivity contribution in [3.05, 3.63) is 64.7 Å². The van der Waals surface area contributed by atoms with Crippen molar-refractivity contribution in [3.63, 3.8) is 0 Å². The molecule has 3 rings (SSSR count). The first-order chi connectivity index (χ1) is 14.2. The first-order valence-electron chi connectivity index (χ1n) is 9.15. The molecule has 1 aliphatic rings. The second kappa shape index (κ2) is 8.46. The zero-order chi connectivity index (χ0) is 22.0. The number of nitrogens with zero attached hydrogens (tertiary/aromatic N) is 1. The Labute approximate surface area is 179 Å². The number of benzene rings is 2. The van der Waals surface area contributed by atoms with Gasteiger partial charge in [-0.2, -0.15) is 0 Å². The summed E-state index contributed by atoms with van der Waals surface area (Å²) in [5.41, 5.74) is 3.03. The summed E-state index contributed by atoms with van der Waals surface area (Å²) in [4.78, 5) is 37.7. The number of ether oxygens (including phenoxy) is 1. The van der Waals surface area contributed by atoms with Gasteiger partial charge in [0.25, 0.3) is 11.8 Å². The summed E-state index contributed by atoms with van der Waals surface area (Å²) in [7, 11) is 0. The Hall–Kier alpha value is -3.52. The topological polar surface area (TPSA) is 95.9 Å². The molecule has 1 aliphatic heterocycles. The van der Waals surface area contributed by atoms with Gasteiger partial charge >= 0.3 is 5.97 Å². The van der Waals surface area contributed by atoms with Crippen LogP contribution in [-0.4, -0.2) is 34.1 Å². The highest BCUT2D eigenvalue weighted by atomic mass is 32.1. The number of thiocarbonyl (C=S) groups is 1. The highest BCUT2D eigenvalue weighted by Crippen LogP contribution is 2.26. The van der Waals surface area contributed by atoms with E-state index in [2.05, 4.69) is 5.32 Å². The molecular formula is C22H20N2O5S. The Bertz CT molecular complexity index is 1080. The third-order valence-corrected chi connectivity index (χ3v) is 4.83. The van der Waals surface area contributed by atoms with E-state index in [1.165, 1.54) is 17.9 Å². The summed E-state index contributed by atoms with van der Waals surface area (Å²) in [6.07, 6.45) is 0.465. The van der Waals surface area contributed by atoms with Crippen molar-refractivity contribution in [1.29, 1.82) is 0 Å². The summed E-state index contributed by atoms with van der Waals surface area (Å²) in [5, 5.41) is 11.5. The van der Waals surface area contributed by atoms with Crippen LogP contribution in [-0.2, 0) is 14.4 Å². The second-order valence-electron chi connectivity index (χ2n) is 6.92. The highest BCUT2D eigenvalue weighted by molar-refractivity contribution is 7.80. The third-order valence-electron chi connectivity index (χ3n) is 4.55. The number of amides is 2. The summed E-state index contributed by atoms with van der Waals surface area (Å²) in [6, 6.07) is 12.0. The highest BCUT2D eigenvalue weighted by Gasteiger charge is 2.35. The second-order valence-corrected chi connectivity index (χ2v) is 7.30. The van der Waals surface area contributed by atoms with Gasteiger partial charge < -0.3 is 9.84 Å². The van der Waals surface area contributed by atoms with E-state index in [4.69, 9.17) is 22.1 Å². The van der Waals surface area contributed by atoms with E-state index >= 15 is 0 Å². The Morgan fingerprint density at radius 2 is 1.83 bits per heavy atom. The van der Waals surface area contributed by atoms with Crippen molar-refractivity contribution in [2.75, 3.05) is 4.90 Å². The Balaban J connectivity index is 1.90. The fraction of sp³-hybridized carbons (Fsp3) is 0.182. The average molecular weight is 424 g/mol. The lowest BCUT2D eigenvalue weighted by atomic mass is 10.0. The predicted octanol–water partition coefficient (Wildman–Crippen LogP) is 2.99. The first-order valence-corrected chi connectivity index (χ1v) is 9.56. The van der Waals surface area contributed by atoms with E-state index in [1.807, 2.05) is 26.0 Å². The van der Waals surface area contributed by atoms with Crippen molar-refractivity contribution < 1.29 is 24.2 Å². The Morgan fingerprint density at radius 3 is 2.43 bits per heavy atom. The molecule has 2 aromatic rings. The van der Waals surface area contributed by atoms with Crippen LogP contribution in [0.1, 0.15) is 23.6 Å². The minimum atomic E-state index is -1.08. The van der Waals surface area contributed by atoms with Crippen molar-refractivity contribution in [3.8, 4) is 5.75 Å². The fourth-order valence-corrected chi connectivity index (χ4v) is 3.27. The first kappa shape index (κ1) is 21.2. The van der Waals surface area contributed by atoms with Gasteiger partial charge in [0.1, 0.15) is 11.3 Å². The van der Waals surface area contributed by atoms with Gasteiger partial charge in [-0.15, -0.1) is 0 Å². The zero-order valence-electron chi connectivity index (χ0n) is 16.6. The van der Waals surface area contributed by atoms with E-state index in [-0.39, 0.29) is 10.7 Å². The van der Waals surface area contributed by atoms with Gasteiger partial charge in [-0.1, -0.05) is 29.8 Å². The number of carbonyl (C=O) groups excluding carboxylic acids is 2. The van der Waals surface area contributed by atoms with Crippen LogP contribution in [0.2, 0.25) is 0 Å². The molecule has 7 nitrogen and oxygen atoms in total. The molecule has 0 bridgehead atoms. The molecule has 1 fully saturated rings. The number of nitrogens with one attached hydrogen (secondary N) is 1. The standard InChI is InChI=1S/C22H20N2O5S/c1-12-4-9-18(13(2)10-12)24-20(26)17(19(25)23-22(24)30)11-15-5-7-16(8-6-15)29-14(3)21(27)28/h4-11,14H,1-3H3,(H,27,28)(H,23,25,30)/b17-11-/t14-/m0/s1. The van der Waals surface area contributed by atoms with Crippen LogP contribution in [0.25, 0.3) is 6.08 Å². The number of hydrogen-bond acceptors (Lipinski definition) is 5. The maximum absolute atomic E-state index is 13.1. The van der Waals surface area contributed by atoms with Crippen LogP contribution < -0.4 is 15.0 Å². The van der Waals surface area contributed by atoms with Gasteiger partial charge in [0.2, 0.25) is 0 Å². The average Bonchev–Trinajstić information content (AvgIpc) is 2.67. The smallest absolute Gasteiger partial charge is 0.344 e. The summed E-state index contributed by atoms with van der Waals surface area (Å²) >= 11 is 5.23. The van der Waals surface area contributed by atoms with Gasteiger partial charge in [0, 0.05) is 0 Å². The zero-order valence-corrected chi connectivity index (χ0v) is 17.4. The molecule has 0 aromatic heterocycles. The van der Waals surface area contributed by atoms with Gasteiger partial charge in [0.05, 0.1) is 5.69 Å². The number of rotatable bonds is 5. The number of carboxylic acid groups (broad SMARTS) is 1. The minimum Gasteiger partial charge on any atom is -0.479 e. The lowest BCUT2D eigenvalue weighted by Gasteiger charge is -2.30. The molecule has 2 aromatic carbocycles. The monoisotopic (exact) mass is 424 g/mol. The molecule has 2 amide bonds. The fourth-order valence-electron chi connectivity index (χ4n) is 3.00. The molecule has 0 saturated carbocycles. The quantitative estimate of drug-likeness (QED) is 0.435. The molecule has 8 heteroatoms. The van der Waals surface area contributed by atoms with Crippen molar-refractivity contribution in [1.82, 2.24) is 5.32 Å². The molecule has 154 valence electrons. The predicted molar refractivity (Wildman–Crippen MR) is 116 cm³/mol. The molecule has 1 heterocycles. The molecule has 2 N–H and O–H groups in total. The Kier molecular flexibility index (Phi) is 5.98. The molecule has 1 atom stereocenters. The van der Waals surface area contributed by atoms with Gasteiger partial charge in [0.15, 0.2) is 11.2 Å². The molecule has 0 spiro atoms. The molecule has 1 saturated heterocycles. The van der Waals surface area contributed by atoms with E-state index in [1.54, 1.807) is 30.3 Å². The number of aliphatic carboxylic acids is 1. The van der Waals surface area contributed by atoms with Crippen molar-refractivity contribution in [2.45, 2.75) is 26.9 Å². The van der Waals surface area contributed by atoms with Gasteiger partial charge in [-0.05, 0) is 68.4 Å². The van der Waals surface area contributed by atoms with Gasteiger partial charge in [-0.3, -0.25) is 19.8 Å². The van der Waals surface area contributed by atoms with Crippen LogP contribution in [0.5, 0.6) is 5.75 Å². The summed E-state index contributed by atoms with van der Waals surface area (Å²) in [5.74, 6) is -1.81.